The first-order valence-electron chi connectivity index (χ1n) is 6.28. The molecule has 3 nitrogen and oxygen atoms in total. The van der Waals surface area contributed by atoms with Crippen LogP contribution in [0.1, 0.15) is 46.2 Å². The predicted molar refractivity (Wildman–Crippen MR) is 68.6 cm³/mol. The van der Waals surface area contributed by atoms with Gasteiger partial charge in [0.25, 0.3) is 0 Å². The summed E-state index contributed by atoms with van der Waals surface area (Å²) >= 11 is 0. The van der Waals surface area contributed by atoms with Gasteiger partial charge in [0.15, 0.2) is 0 Å². The second kappa shape index (κ2) is 6.46. The fourth-order valence-corrected chi connectivity index (χ4v) is 2.02. The first-order valence-corrected chi connectivity index (χ1v) is 6.28. The van der Waals surface area contributed by atoms with Crippen LogP contribution in [-0.2, 0) is 6.42 Å². The molecule has 0 aliphatic heterocycles. The number of hydrogen-bond acceptors (Lipinski definition) is 3. The summed E-state index contributed by atoms with van der Waals surface area (Å²) in [5.74, 6) is 1.66. The second-order valence-electron chi connectivity index (χ2n) is 4.26. The molecule has 1 heterocycles. The molecule has 0 bridgehead atoms. The van der Waals surface area contributed by atoms with Crippen molar-refractivity contribution in [3.05, 3.63) is 18.1 Å². The first-order chi connectivity index (χ1) is 7.71. The van der Waals surface area contributed by atoms with Crippen molar-refractivity contribution >= 4 is 5.82 Å². The Morgan fingerprint density at radius 1 is 1.19 bits per heavy atom. The summed E-state index contributed by atoms with van der Waals surface area (Å²) in [4.78, 5) is 8.46. The maximum atomic E-state index is 4.26. The Morgan fingerprint density at radius 2 is 1.88 bits per heavy atom. The van der Waals surface area contributed by atoms with Crippen molar-refractivity contribution in [3.63, 3.8) is 0 Å². The lowest BCUT2D eigenvalue weighted by atomic mass is 9.95. The zero-order valence-electron chi connectivity index (χ0n) is 10.8. The standard InChI is InChI=1S/C13H23N3/c1-5-11(6-2)10(4)16-13-8-12(7-3)14-9-15-13/h8-11H,5-7H2,1-4H3,(H,14,15,16). The van der Waals surface area contributed by atoms with E-state index in [9.17, 15) is 0 Å². The molecule has 0 saturated carbocycles. The zero-order valence-corrected chi connectivity index (χ0v) is 10.8. The molecule has 1 aromatic rings. The van der Waals surface area contributed by atoms with Crippen LogP contribution in [0, 0.1) is 5.92 Å². The van der Waals surface area contributed by atoms with Crippen LogP contribution in [0.4, 0.5) is 5.82 Å². The van der Waals surface area contributed by atoms with Crippen molar-refractivity contribution in [1.82, 2.24) is 9.97 Å². The smallest absolute Gasteiger partial charge is 0.129 e. The summed E-state index contributed by atoms with van der Waals surface area (Å²) in [7, 11) is 0. The topological polar surface area (TPSA) is 37.8 Å². The molecule has 0 aromatic carbocycles. The van der Waals surface area contributed by atoms with Crippen LogP contribution >= 0.6 is 0 Å². The lowest BCUT2D eigenvalue weighted by molar-refractivity contribution is 0.437. The van der Waals surface area contributed by atoms with E-state index in [1.165, 1.54) is 12.8 Å². The van der Waals surface area contributed by atoms with E-state index < -0.39 is 0 Å². The molecule has 1 N–H and O–H groups in total. The summed E-state index contributed by atoms with van der Waals surface area (Å²) < 4.78 is 0. The van der Waals surface area contributed by atoms with E-state index in [4.69, 9.17) is 0 Å². The fourth-order valence-electron chi connectivity index (χ4n) is 2.02. The summed E-state index contributed by atoms with van der Waals surface area (Å²) in [5.41, 5.74) is 1.09. The molecule has 1 atom stereocenters. The third kappa shape index (κ3) is 3.47. The van der Waals surface area contributed by atoms with Crippen LogP contribution in [-0.4, -0.2) is 16.0 Å². The van der Waals surface area contributed by atoms with Gasteiger partial charge < -0.3 is 5.32 Å². The van der Waals surface area contributed by atoms with Crippen molar-refractivity contribution in [2.45, 2.75) is 53.0 Å². The summed E-state index contributed by atoms with van der Waals surface area (Å²) in [6.45, 7) is 8.81. The number of aromatic nitrogens is 2. The van der Waals surface area contributed by atoms with Crippen molar-refractivity contribution in [1.29, 1.82) is 0 Å². The van der Waals surface area contributed by atoms with E-state index >= 15 is 0 Å². The number of nitrogens with one attached hydrogen (secondary N) is 1. The van der Waals surface area contributed by atoms with Gasteiger partial charge in [-0.15, -0.1) is 0 Å². The molecule has 0 saturated heterocycles. The minimum Gasteiger partial charge on any atom is -0.367 e. The highest BCUT2D eigenvalue weighted by molar-refractivity contribution is 5.35. The molecule has 0 radical (unpaired) electrons. The molecule has 16 heavy (non-hydrogen) atoms. The van der Waals surface area contributed by atoms with Crippen LogP contribution in [0.2, 0.25) is 0 Å². The third-order valence-corrected chi connectivity index (χ3v) is 3.22. The van der Waals surface area contributed by atoms with E-state index in [-0.39, 0.29) is 0 Å². The van der Waals surface area contributed by atoms with E-state index in [0.717, 1.165) is 17.9 Å². The van der Waals surface area contributed by atoms with Gasteiger partial charge in [-0.05, 0) is 19.3 Å². The number of rotatable bonds is 6. The largest absolute Gasteiger partial charge is 0.367 e. The third-order valence-electron chi connectivity index (χ3n) is 3.22. The quantitative estimate of drug-likeness (QED) is 0.801. The highest BCUT2D eigenvalue weighted by atomic mass is 15.0. The van der Waals surface area contributed by atoms with Gasteiger partial charge in [-0.25, -0.2) is 9.97 Å². The minimum atomic E-state index is 0.467. The van der Waals surface area contributed by atoms with Crippen LogP contribution in [0.3, 0.4) is 0 Å². The average molecular weight is 221 g/mol. The Kier molecular flexibility index (Phi) is 5.23. The summed E-state index contributed by atoms with van der Waals surface area (Å²) in [5, 5.41) is 3.47. The Balaban J connectivity index is 2.64. The minimum absolute atomic E-state index is 0.467. The maximum absolute atomic E-state index is 4.26. The molecule has 1 unspecified atom stereocenters. The van der Waals surface area contributed by atoms with Crippen LogP contribution in [0.25, 0.3) is 0 Å². The van der Waals surface area contributed by atoms with E-state index in [0.29, 0.717) is 12.0 Å². The fraction of sp³-hybridized carbons (Fsp3) is 0.692. The van der Waals surface area contributed by atoms with Gasteiger partial charge in [0.1, 0.15) is 12.1 Å². The van der Waals surface area contributed by atoms with E-state index in [1.807, 2.05) is 6.07 Å². The van der Waals surface area contributed by atoms with Gasteiger partial charge in [-0.3, -0.25) is 0 Å². The SMILES string of the molecule is CCc1cc(NC(C)C(CC)CC)ncn1. The van der Waals surface area contributed by atoms with Crippen molar-refractivity contribution in [3.8, 4) is 0 Å². The average Bonchev–Trinajstić information content (AvgIpc) is 2.31. The lowest BCUT2D eigenvalue weighted by Crippen LogP contribution is -2.25. The number of anilines is 1. The Bertz CT molecular complexity index is 308. The molecular weight excluding hydrogens is 198 g/mol. The van der Waals surface area contributed by atoms with Crippen LogP contribution in [0.5, 0.6) is 0 Å². The number of hydrogen-bond donors (Lipinski definition) is 1. The molecule has 0 aliphatic carbocycles. The molecule has 3 heteroatoms. The molecule has 1 rings (SSSR count). The van der Waals surface area contributed by atoms with Gasteiger partial charge >= 0.3 is 0 Å². The van der Waals surface area contributed by atoms with E-state index in [1.54, 1.807) is 6.33 Å². The van der Waals surface area contributed by atoms with Crippen molar-refractivity contribution < 1.29 is 0 Å². The number of aryl methyl sites for hydroxylation is 1. The Hall–Kier alpha value is -1.12. The maximum Gasteiger partial charge on any atom is 0.129 e. The number of nitrogens with zero attached hydrogens (tertiary/aromatic N) is 2. The van der Waals surface area contributed by atoms with E-state index in [2.05, 4.69) is 43.0 Å². The molecule has 0 amide bonds. The Morgan fingerprint density at radius 3 is 2.44 bits per heavy atom. The zero-order chi connectivity index (χ0) is 12.0. The molecule has 90 valence electrons. The van der Waals surface area contributed by atoms with Gasteiger partial charge in [0, 0.05) is 17.8 Å². The highest BCUT2D eigenvalue weighted by Crippen LogP contribution is 2.16. The highest BCUT2D eigenvalue weighted by Gasteiger charge is 2.13. The predicted octanol–water partition coefficient (Wildman–Crippen LogP) is 3.28. The first kappa shape index (κ1) is 12.9. The van der Waals surface area contributed by atoms with Crippen LogP contribution < -0.4 is 5.32 Å². The molecule has 0 fully saturated rings. The monoisotopic (exact) mass is 221 g/mol. The molecular formula is C13H23N3. The van der Waals surface area contributed by atoms with Crippen LogP contribution in [0.15, 0.2) is 12.4 Å². The van der Waals surface area contributed by atoms with Gasteiger partial charge in [-0.1, -0.05) is 33.6 Å². The van der Waals surface area contributed by atoms with Crippen molar-refractivity contribution in [2.24, 2.45) is 5.92 Å². The van der Waals surface area contributed by atoms with Gasteiger partial charge in [0.2, 0.25) is 0 Å². The van der Waals surface area contributed by atoms with Crippen molar-refractivity contribution in [2.75, 3.05) is 5.32 Å². The molecule has 0 aliphatic rings. The van der Waals surface area contributed by atoms with Gasteiger partial charge in [-0.2, -0.15) is 0 Å². The normalized spacial score (nSPS) is 12.8. The van der Waals surface area contributed by atoms with Gasteiger partial charge in [0.05, 0.1) is 0 Å². The molecule has 1 aromatic heterocycles. The summed E-state index contributed by atoms with van der Waals surface area (Å²) in [6.07, 6.45) is 5.00. The second-order valence-corrected chi connectivity index (χ2v) is 4.26. The lowest BCUT2D eigenvalue weighted by Gasteiger charge is -2.23. The Labute approximate surface area is 98.7 Å². The molecule has 0 spiro atoms. The summed E-state index contributed by atoms with van der Waals surface area (Å²) in [6, 6.07) is 2.51.